The number of aliphatic hydroxyl groups excluding tert-OH is 1. The zero-order valence-electron chi connectivity index (χ0n) is 12.4. The predicted octanol–water partition coefficient (Wildman–Crippen LogP) is 1.96. The molecule has 0 saturated heterocycles. The molecule has 1 rings (SSSR count). The van der Waals surface area contributed by atoms with Gasteiger partial charge in [-0.2, -0.15) is 0 Å². The van der Waals surface area contributed by atoms with Gasteiger partial charge in [-0.05, 0) is 30.5 Å². The van der Waals surface area contributed by atoms with Crippen molar-refractivity contribution < 1.29 is 14.6 Å². The van der Waals surface area contributed by atoms with Gasteiger partial charge < -0.3 is 20.5 Å². The number of amides is 2. The Morgan fingerprint density at radius 3 is 2.75 bits per heavy atom. The Labute approximate surface area is 120 Å². The van der Waals surface area contributed by atoms with Crippen LogP contribution in [0, 0.1) is 6.92 Å². The van der Waals surface area contributed by atoms with E-state index in [-0.39, 0.29) is 12.6 Å². The van der Waals surface area contributed by atoms with Gasteiger partial charge in [0.15, 0.2) is 0 Å². The Morgan fingerprint density at radius 2 is 2.15 bits per heavy atom. The van der Waals surface area contributed by atoms with Crippen molar-refractivity contribution in [2.24, 2.45) is 0 Å². The van der Waals surface area contributed by atoms with Crippen LogP contribution in [0.2, 0.25) is 0 Å². The number of urea groups is 1. The molecule has 0 spiro atoms. The Hall–Kier alpha value is -1.75. The summed E-state index contributed by atoms with van der Waals surface area (Å²) in [6, 6.07) is 5.51. The first-order chi connectivity index (χ1) is 9.56. The van der Waals surface area contributed by atoms with E-state index in [2.05, 4.69) is 10.6 Å². The first kappa shape index (κ1) is 16.3. The second kappa shape index (κ2) is 8.43. The van der Waals surface area contributed by atoms with Crippen LogP contribution in [0.15, 0.2) is 18.2 Å². The van der Waals surface area contributed by atoms with Crippen molar-refractivity contribution in [2.75, 3.05) is 13.7 Å². The number of rotatable bonds is 7. The monoisotopic (exact) mass is 280 g/mol. The van der Waals surface area contributed by atoms with Gasteiger partial charge in [-0.25, -0.2) is 4.79 Å². The molecule has 112 valence electrons. The highest BCUT2D eigenvalue weighted by Gasteiger charge is 2.06. The van der Waals surface area contributed by atoms with Gasteiger partial charge >= 0.3 is 6.03 Å². The number of aryl methyl sites for hydroxylation is 1. The topological polar surface area (TPSA) is 70.6 Å². The van der Waals surface area contributed by atoms with Gasteiger partial charge in [-0.15, -0.1) is 0 Å². The normalized spacial score (nSPS) is 11.8. The number of benzene rings is 1. The third-order valence-electron chi connectivity index (χ3n) is 3.03. The van der Waals surface area contributed by atoms with Crippen LogP contribution in [0.5, 0.6) is 5.75 Å². The van der Waals surface area contributed by atoms with E-state index in [1.54, 1.807) is 7.11 Å². The van der Waals surface area contributed by atoms with Crippen LogP contribution in [0.1, 0.15) is 30.9 Å². The van der Waals surface area contributed by atoms with Gasteiger partial charge in [0.25, 0.3) is 0 Å². The third-order valence-corrected chi connectivity index (χ3v) is 3.03. The fourth-order valence-corrected chi connectivity index (χ4v) is 1.94. The Morgan fingerprint density at radius 1 is 1.40 bits per heavy atom. The minimum Gasteiger partial charge on any atom is -0.496 e. The lowest BCUT2D eigenvalue weighted by Crippen LogP contribution is -2.39. The van der Waals surface area contributed by atoms with Gasteiger partial charge in [0.05, 0.1) is 13.2 Å². The largest absolute Gasteiger partial charge is 0.496 e. The number of hydrogen-bond acceptors (Lipinski definition) is 3. The fourth-order valence-electron chi connectivity index (χ4n) is 1.94. The van der Waals surface area contributed by atoms with Crippen molar-refractivity contribution in [3.8, 4) is 5.75 Å². The molecule has 1 aromatic rings. The van der Waals surface area contributed by atoms with Crippen molar-refractivity contribution in [3.63, 3.8) is 0 Å². The van der Waals surface area contributed by atoms with E-state index in [4.69, 9.17) is 4.74 Å². The fraction of sp³-hybridized carbons (Fsp3) is 0.533. The van der Waals surface area contributed by atoms with Crippen LogP contribution in [-0.4, -0.2) is 30.9 Å². The summed E-state index contributed by atoms with van der Waals surface area (Å²) in [4.78, 5) is 11.6. The molecule has 0 heterocycles. The van der Waals surface area contributed by atoms with E-state index < -0.39 is 6.10 Å². The van der Waals surface area contributed by atoms with Gasteiger partial charge in [0.1, 0.15) is 5.75 Å². The van der Waals surface area contributed by atoms with Gasteiger partial charge in [0, 0.05) is 13.1 Å². The molecule has 0 aliphatic heterocycles. The summed E-state index contributed by atoms with van der Waals surface area (Å²) in [5.74, 6) is 0.834. The number of nitrogens with one attached hydrogen (secondary N) is 2. The lowest BCUT2D eigenvalue weighted by atomic mass is 10.1. The number of carbonyl (C=O) groups excluding carboxylic acids is 1. The summed E-state index contributed by atoms with van der Waals surface area (Å²) >= 11 is 0. The summed E-state index contributed by atoms with van der Waals surface area (Å²) in [6.45, 7) is 4.68. The average Bonchev–Trinajstić information content (AvgIpc) is 2.43. The molecule has 0 aliphatic rings. The molecule has 0 bridgehead atoms. The molecular formula is C15H24N2O3. The Kier molecular flexibility index (Phi) is 6.87. The molecular weight excluding hydrogens is 256 g/mol. The van der Waals surface area contributed by atoms with E-state index in [1.807, 2.05) is 32.0 Å². The number of carbonyl (C=O) groups is 1. The minimum atomic E-state index is -0.478. The molecule has 0 aromatic heterocycles. The van der Waals surface area contributed by atoms with Crippen molar-refractivity contribution in [3.05, 3.63) is 29.3 Å². The highest BCUT2D eigenvalue weighted by Crippen LogP contribution is 2.18. The maximum atomic E-state index is 11.6. The number of ether oxygens (including phenoxy) is 1. The van der Waals surface area contributed by atoms with Gasteiger partial charge in [0.2, 0.25) is 0 Å². The SMILES string of the molecule is CCCC(O)CNC(=O)NCc1ccc(OC)c(C)c1. The Balaban J connectivity index is 2.35. The highest BCUT2D eigenvalue weighted by atomic mass is 16.5. The molecule has 2 amide bonds. The molecule has 1 aromatic carbocycles. The molecule has 5 heteroatoms. The smallest absolute Gasteiger partial charge is 0.315 e. The van der Waals surface area contributed by atoms with Crippen LogP contribution in [0.4, 0.5) is 4.79 Å². The lowest BCUT2D eigenvalue weighted by Gasteiger charge is -2.12. The van der Waals surface area contributed by atoms with Crippen LogP contribution < -0.4 is 15.4 Å². The quantitative estimate of drug-likeness (QED) is 0.715. The van der Waals surface area contributed by atoms with E-state index in [0.717, 1.165) is 23.3 Å². The Bertz CT molecular complexity index is 435. The third kappa shape index (κ3) is 5.48. The van der Waals surface area contributed by atoms with Crippen LogP contribution in [-0.2, 0) is 6.54 Å². The first-order valence-electron chi connectivity index (χ1n) is 6.90. The van der Waals surface area contributed by atoms with E-state index >= 15 is 0 Å². The van der Waals surface area contributed by atoms with Gasteiger partial charge in [-0.3, -0.25) is 0 Å². The van der Waals surface area contributed by atoms with E-state index in [9.17, 15) is 9.90 Å². The molecule has 1 unspecified atom stereocenters. The van der Waals surface area contributed by atoms with Crippen molar-refractivity contribution >= 4 is 6.03 Å². The molecule has 0 radical (unpaired) electrons. The maximum absolute atomic E-state index is 11.6. The zero-order valence-corrected chi connectivity index (χ0v) is 12.4. The summed E-state index contributed by atoms with van der Waals surface area (Å²) in [5, 5.41) is 14.9. The van der Waals surface area contributed by atoms with Crippen molar-refractivity contribution in [1.29, 1.82) is 0 Å². The molecule has 0 saturated carbocycles. The standard InChI is InChI=1S/C15H24N2O3/c1-4-5-13(18)10-17-15(19)16-9-12-6-7-14(20-3)11(2)8-12/h6-8,13,18H,4-5,9-10H2,1-3H3,(H2,16,17,19). The predicted molar refractivity (Wildman–Crippen MR) is 78.9 cm³/mol. The summed E-state index contributed by atoms with van der Waals surface area (Å²) in [7, 11) is 1.63. The maximum Gasteiger partial charge on any atom is 0.315 e. The summed E-state index contributed by atoms with van der Waals surface area (Å²) in [5.41, 5.74) is 2.04. The molecule has 0 aliphatic carbocycles. The average molecular weight is 280 g/mol. The first-order valence-corrected chi connectivity index (χ1v) is 6.90. The van der Waals surface area contributed by atoms with Crippen molar-refractivity contribution in [2.45, 2.75) is 39.3 Å². The van der Waals surface area contributed by atoms with Crippen LogP contribution >= 0.6 is 0 Å². The molecule has 5 nitrogen and oxygen atoms in total. The minimum absolute atomic E-state index is 0.270. The summed E-state index contributed by atoms with van der Waals surface area (Å²) in [6.07, 6.45) is 1.11. The second-order valence-corrected chi connectivity index (χ2v) is 4.81. The number of hydrogen-bond donors (Lipinski definition) is 3. The highest BCUT2D eigenvalue weighted by molar-refractivity contribution is 5.73. The zero-order chi connectivity index (χ0) is 15.0. The number of methoxy groups -OCH3 is 1. The second-order valence-electron chi connectivity index (χ2n) is 4.81. The number of aliphatic hydroxyl groups is 1. The van der Waals surface area contributed by atoms with Crippen LogP contribution in [0.25, 0.3) is 0 Å². The van der Waals surface area contributed by atoms with Crippen LogP contribution in [0.3, 0.4) is 0 Å². The molecule has 0 fully saturated rings. The van der Waals surface area contributed by atoms with Gasteiger partial charge in [-0.1, -0.05) is 25.5 Å². The van der Waals surface area contributed by atoms with Crippen molar-refractivity contribution in [1.82, 2.24) is 10.6 Å². The molecule has 20 heavy (non-hydrogen) atoms. The van der Waals surface area contributed by atoms with E-state index in [1.165, 1.54) is 0 Å². The lowest BCUT2D eigenvalue weighted by molar-refractivity contribution is 0.160. The molecule has 3 N–H and O–H groups in total. The van der Waals surface area contributed by atoms with E-state index in [0.29, 0.717) is 13.0 Å². The summed E-state index contributed by atoms with van der Waals surface area (Å²) < 4.78 is 5.19. The molecule has 1 atom stereocenters.